The molecule has 0 aliphatic carbocycles. The van der Waals surface area contributed by atoms with Crippen molar-refractivity contribution in [1.82, 2.24) is 4.31 Å². The smallest absolute Gasteiger partial charge is 0.269 e. The quantitative estimate of drug-likeness (QED) is 0.900. The highest BCUT2D eigenvalue weighted by atomic mass is 35.5. The van der Waals surface area contributed by atoms with Crippen molar-refractivity contribution in [3.8, 4) is 0 Å². The van der Waals surface area contributed by atoms with Gasteiger partial charge in [-0.25, -0.2) is 17.1 Å². The molecule has 1 N–H and O–H groups in total. The van der Waals surface area contributed by atoms with Crippen molar-refractivity contribution in [1.29, 1.82) is 0 Å². The third-order valence-electron chi connectivity index (χ3n) is 3.40. The molecule has 2 aromatic carbocycles. The number of hydrogen-bond donors (Lipinski definition) is 1. The van der Waals surface area contributed by atoms with E-state index in [-0.39, 0.29) is 21.2 Å². The Hall–Kier alpha value is -2.45. The number of amides is 2. The summed E-state index contributed by atoms with van der Waals surface area (Å²) in [5.41, 5.74) is -0.201. The van der Waals surface area contributed by atoms with Crippen molar-refractivity contribution in [2.45, 2.75) is 4.90 Å². The van der Waals surface area contributed by atoms with Crippen LogP contribution in [0.4, 0.5) is 10.1 Å². The van der Waals surface area contributed by atoms with E-state index < -0.39 is 34.2 Å². The van der Waals surface area contributed by atoms with Gasteiger partial charge in [0.1, 0.15) is 17.3 Å². The minimum absolute atomic E-state index is 0.000707. The summed E-state index contributed by atoms with van der Waals surface area (Å²) in [5.74, 6) is -2.39. The summed E-state index contributed by atoms with van der Waals surface area (Å²) in [6.07, 6.45) is 0. The largest absolute Gasteiger partial charge is 0.322 e. The summed E-state index contributed by atoms with van der Waals surface area (Å²) >= 11 is 5.72. The normalized spacial score (nSPS) is 15.2. The monoisotopic (exact) mass is 368 g/mol. The van der Waals surface area contributed by atoms with Crippen LogP contribution in [0, 0.1) is 5.82 Å². The maximum Gasteiger partial charge on any atom is 0.269 e. The lowest BCUT2D eigenvalue weighted by Gasteiger charge is -2.15. The van der Waals surface area contributed by atoms with E-state index in [0.717, 1.165) is 6.07 Å². The number of fused-ring (bicyclic) bond motifs is 1. The molecular weight excluding hydrogens is 359 g/mol. The lowest BCUT2D eigenvalue weighted by molar-refractivity contribution is -0.116. The molecule has 9 heteroatoms. The Labute approximate surface area is 141 Å². The molecular formula is C15H10ClFN2O4S. The molecule has 0 saturated carbocycles. The molecule has 0 radical (unpaired) electrons. The SMILES string of the molecule is O=C(CN1C(=O)c2ccccc2S1(=O)=O)Nc1cc(Cl)ccc1F. The van der Waals surface area contributed by atoms with Crippen LogP contribution < -0.4 is 5.32 Å². The second-order valence-electron chi connectivity index (χ2n) is 4.99. The van der Waals surface area contributed by atoms with Crippen LogP contribution in [0.1, 0.15) is 10.4 Å². The second-order valence-corrected chi connectivity index (χ2v) is 7.25. The van der Waals surface area contributed by atoms with E-state index in [1.807, 2.05) is 0 Å². The lowest BCUT2D eigenvalue weighted by Crippen LogP contribution is -2.37. The van der Waals surface area contributed by atoms with E-state index in [9.17, 15) is 22.4 Å². The predicted octanol–water partition coefficient (Wildman–Crippen LogP) is 2.26. The summed E-state index contributed by atoms with van der Waals surface area (Å²) in [4.78, 5) is 24.1. The maximum atomic E-state index is 13.6. The third kappa shape index (κ3) is 2.74. The van der Waals surface area contributed by atoms with Crippen LogP contribution >= 0.6 is 11.6 Å². The Morgan fingerprint density at radius 2 is 1.92 bits per heavy atom. The number of hydrogen-bond acceptors (Lipinski definition) is 4. The Morgan fingerprint density at radius 1 is 1.21 bits per heavy atom. The molecule has 2 amide bonds. The van der Waals surface area contributed by atoms with Gasteiger partial charge in [-0.2, -0.15) is 0 Å². The van der Waals surface area contributed by atoms with Gasteiger partial charge in [0.05, 0.1) is 11.3 Å². The first-order valence-corrected chi connectivity index (χ1v) is 8.53. The average molecular weight is 369 g/mol. The first kappa shape index (κ1) is 16.4. The van der Waals surface area contributed by atoms with Gasteiger partial charge in [0.15, 0.2) is 0 Å². The first-order valence-electron chi connectivity index (χ1n) is 6.72. The van der Waals surface area contributed by atoms with Crippen LogP contribution in [0.5, 0.6) is 0 Å². The van der Waals surface area contributed by atoms with Gasteiger partial charge in [-0.1, -0.05) is 23.7 Å². The summed E-state index contributed by atoms with van der Waals surface area (Å²) in [7, 11) is -4.10. The molecule has 1 aliphatic heterocycles. The molecule has 3 rings (SSSR count). The molecule has 1 aliphatic rings. The maximum absolute atomic E-state index is 13.6. The zero-order valence-corrected chi connectivity index (χ0v) is 13.6. The molecule has 1 heterocycles. The topological polar surface area (TPSA) is 83.6 Å². The fourth-order valence-corrected chi connectivity index (χ4v) is 4.00. The predicted molar refractivity (Wildman–Crippen MR) is 84.7 cm³/mol. The minimum Gasteiger partial charge on any atom is -0.322 e. The zero-order valence-electron chi connectivity index (χ0n) is 12.0. The van der Waals surface area contributed by atoms with Gasteiger partial charge < -0.3 is 5.32 Å². The van der Waals surface area contributed by atoms with E-state index >= 15 is 0 Å². The number of anilines is 1. The number of benzene rings is 2. The summed E-state index contributed by atoms with van der Waals surface area (Å²) in [5, 5.41) is 2.40. The molecule has 0 aromatic heterocycles. The fourth-order valence-electron chi connectivity index (χ4n) is 2.30. The highest BCUT2D eigenvalue weighted by Crippen LogP contribution is 2.29. The van der Waals surface area contributed by atoms with Crippen molar-refractivity contribution >= 4 is 39.1 Å². The van der Waals surface area contributed by atoms with Crippen LogP contribution in [0.3, 0.4) is 0 Å². The first-order chi connectivity index (χ1) is 11.3. The van der Waals surface area contributed by atoms with Gasteiger partial charge in [-0.05, 0) is 30.3 Å². The van der Waals surface area contributed by atoms with Crippen LogP contribution in [0.25, 0.3) is 0 Å². The molecule has 0 bridgehead atoms. The fraction of sp³-hybridized carbons (Fsp3) is 0.0667. The molecule has 0 spiro atoms. The van der Waals surface area contributed by atoms with Crippen LogP contribution in [-0.2, 0) is 14.8 Å². The number of nitrogens with zero attached hydrogens (tertiary/aromatic N) is 1. The molecule has 124 valence electrons. The Bertz CT molecular complexity index is 962. The van der Waals surface area contributed by atoms with Crippen LogP contribution in [0.15, 0.2) is 47.4 Å². The molecule has 0 fully saturated rings. The van der Waals surface area contributed by atoms with E-state index in [4.69, 9.17) is 11.6 Å². The van der Waals surface area contributed by atoms with Crippen molar-refractivity contribution < 1.29 is 22.4 Å². The number of halogens is 2. The number of rotatable bonds is 3. The Morgan fingerprint density at radius 3 is 2.62 bits per heavy atom. The minimum atomic E-state index is -4.10. The summed E-state index contributed by atoms with van der Waals surface area (Å²) in [6, 6.07) is 9.21. The van der Waals surface area contributed by atoms with Gasteiger partial charge in [-0.15, -0.1) is 0 Å². The molecule has 0 atom stereocenters. The van der Waals surface area contributed by atoms with E-state index in [1.54, 1.807) is 0 Å². The summed E-state index contributed by atoms with van der Waals surface area (Å²) in [6.45, 7) is -0.762. The van der Waals surface area contributed by atoms with Gasteiger partial charge in [0, 0.05) is 5.02 Å². The highest BCUT2D eigenvalue weighted by molar-refractivity contribution is 7.90. The lowest BCUT2D eigenvalue weighted by atomic mass is 10.2. The van der Waals surface area contributed by atoms with Crippen molar-refractivity contribution in [3.63, 3.8) is 0 Å². The van der Waals surface area contributed by atoms with Gasteiger partial charge >= 0.3 is 0 Å². The molecule has 2 aromatic rings. The number of sulfonamides is 1. The van der Waals surface area contributed by atoms with Crippen molar-refractivity contribution in [2.24, 2.45) is 0 Å². The van der Waals surface area contributed by atoms with Gasteiger partial charge in [0.2, 0.25) is 5.91 Å². The van der Waals surface area contributed by atoms with Gasteiger partial charge in [0.25, 0.3) is 15.9 Å². The number of carbonyl (C=O) groups is 2. The van der Waals surface area contributed by atoms with Crippen LogP contribution in [-0.4, -0.2) is 31.1 Å². The molecule has 0 unspecified atom stereocenters. The summed E-state index contributed by atoms with van der Waals surface area (Å²) < 4.78 is 38.7. The van der Waals surface area contributed by atoms with Crippen molar-refractivity contribution in [3.05, 3.63) is 58.9 Å². The molecule has 24 heavy (non-hydrogen) atoms. The number of carbonyl (C=O) groups excluding carboxylic acids is 2. The molecule has 0 saturated heterocycles. The Balaban J connectivity index is 1.83. The second kappa shape index (κ2) is 5.88. The van der Waals surface area contributed by atoms with E-state index in [0.29, 0.717) is 4.31 Å². The standard InChI is InChI=1S/C15H10ClFN2O4S/c16-9-5-6-11(17)12(7-9)18-14(20)8-19-15(21)10-3-1-2-4-13(10)24(19,22)23/h1-7H,8H2,(H,18,20). The molecule has 6 nitrogen and oxygen atoms in total. The van der Waals surface area contributed by atoms with Crippen LogP contribution in [0.2, 0.25) is 5.02 Å². The van der Waals surface area contributed by atoms with E-state index in [2.05, 4.69) is 5.32 Å². The Kier molecular flexibility index (Phi) is 4.02. The van der Waals surface area contributed by atoms with E-state index in [1.165, 1.54) is 36.4 Å². The number of nitrogens with one attached hydrogen (secondary N) is 1. The van der Waals surface area contributed by atoms with Gasteiger partial charge in [-0.3, -0.25) is 9.59 Å². The zero-order chi connectivity index (χ0) is 17.5. The third-order valence-corrected chi connectivity index (χ3v) is 5.42. The average Bonchev–Trinajstić information content (AvgIpc) is 2.72. The van der Waals surface area contributed by atoms with Crippen molar-refractivity contribution in [2.75, 3.05) is 11.9 Å². The highest BCUT2D eigenvalue weighted by Gasteiger charge is 2.41.